The van der Waals surface area contributed by atoms with Crippen LogP contribution < -0.4 is 10.6 Å². The van der Waals surface area contributed by atoms with Crippen LogP contribution in [0.25, 0.3) is 0 Å². The fourth-order valence-corrected chi connectivity index (χ4v) is 2.00. The van der Waals surface area contributed by atoms with Crippen LogP contribution >= 0.6 is 0 Å². The first-order valence-electron chi connectivity index (χ1n) is 6.90. The number of carbonyl (C=O) groups excluding carboxylic acids is 2. The Labute approximate surface area is 113 Å². The lowest BCUT2D eigenvalue weighted by Gasteiger charge is -2.24. The molecule has 0 atom stereocenters. The van der Waals surface area contributed by atoms with E-state index in [1.165, 1.54) is 0 Å². The number of hydrogen-bond donors (Lipinski definition) is 2. The van der Waals surface area contributed by atoms with E-state index in [4.69, 9.17) is 0 Å². The zero-order valence-corrected chi connectivity index (χ0v) is 11.2. The quantitative estimate of drug-likeness (QED) is 0.854. The summed E-state index contributed by atoms with van der Waals surface area (Å²) in [7, 11) is 0. The standard InChI is InChI=1S/C15H20N2O2/c1-2-4-14(18)16-12-7-9-13(10-8-12)17-15(19)11-5-3-6-11/h7-11H,2-6H2,1H3,(H,16,18)(H,17,19). The largest absolute Gasteiger partial charge is 0.326 e. The van der Waals surface area contributed by atoms with Gasteiger partial charge in [0.15, 0.2) is 0 Å². The number of amides is 2. The molecule has 0 heterocycles. The maximum Gasteiger partial charge on any atom is 0.227 e. The predicted octanol–water partition coefficient (Wildman–Crippen LogP) is 3.16. The van der Waals surface area contributed by atoms with Crippen LogP contribution in [0.5, 0.6) is 0 Å². The lowest BCUT2D eigenvalue weighted by atomic mass is 9.85. The average Bonchev–Trinajstić information content (AvgIpc) is 2.29. The van der Waals surface area contributed by atoms with Crippen LogP contribution in [0.15, 0.2) is 24.3 Å². The molecule has 2 rings (SSSR count). The van der Waals surface area contributed by atoms with Gasteiger partial charge >= 0.3 is 0 Å². The van der Waals surface area contributed by atoms with Crippen molar-refractivity contribution in [2.24, 2.45) is 5.92 Å². The molecule has 0 spiro atoms. The summed E-state index contributed by atoms with van der Waals surface area (Å²) >= 11 is 0. The van der Waals surface area contributed by atoms with Crippen molar-refractivity contribution < 1.29 is 9.59 Å². The molecule has 4 heteroatoms. The predicted molar refractivity (Wildman–Crippen MR) is 76.0 cm³/mol. The van der Waals surface area contributed by atoms with E-state index in [9.17, 15) is 9.59 Å². The third-order valence-corrected chi connectivity index (χ3v) is 3.39. The van der Waals surface area contributed by atoms with Crippen LogP contribution in [0.2, 0.25) is 0 Å². The normalized spacial score (nSPS) is 14.6. The summed E-state index contributed by atoms with van der Waals surface area (Å²) in [6, 6.07) is 7.25. The highest BCUT2D eigenvalue weighted by atomic mass is 16.2. The molecule has 2 amide bonds. The van der Waals surface area contributed by atoms with Gasteiger partial charge in [0.2, 0.25) is 11.8 Å². The monoisotopic (exact) mass is 260 g/mol. The van der Waals surface area contributed by atoms with Gasteiger partial charge in [-0.15, -0.1) is 0 Å². The Hall–Kier alpha value is -1.84. The van der Waals surface area contributed by atoms with Gasteiger partial charge in [0.1, 0.15) is 0 Å². The lowest BCUT2D eigenvalue weighted by molar-refractivity contribution is -0.122. The Morgan fingerprint density at radius 1 is 1.11 bits per heavy atom. The van der Waals surface area contributed by atoms with E-state index in [1.54, 1.807) is 0 Å². The van der Waals surface area contributed by atoms with E-state index in [0.29, 0.717) is 6.42 Å². The van der Waals surface area contributed by atoms with Gasteiger partial charge in [-0.3, -0.25) is 9.59 Å². The lowest BCUT2D eigenvalue weighted by Crippen LogP contribution is -2.27. The van der Waals surface area contributed by atoms with E-state index in [0.717, 1.165) is 37.1 Å². The zero-order valence-electron chi connectivity index (χ0n) is 11.2. The Morgan fingerprint density at radius 3 is 2.16 bits per heavy atom. The molecule has 19 heavy (non-hydrogen) atoms. The second-order valence-corrected chi connectivity index (χ2v) is 4.99. The number of hydrogen-bond acceptors (Lipinski definition) is 2. The van der Waals surface area contributed by atoms with Gasteiger partial charge in [-0.05, 0) is 43.5 Å². The van der Waals surface area contributed by atoms with Crippen molar-refractivity contribution in [2.45, 2.75) is 39.0 Å². The molecule has 4 nitrogen and oxygen atoms in total. The minimum absolute atomic E-state index is 0.0220. The molecule has 0 aliphatic heterocycles. The number of carbonyl (C=O) groups is 2. The molecule has 1 saturated carbocycles. The molecule has 2 N–H and O–H groups in total. The van der Waals surface area contributed by atoms with E-state index >= 15 is 0 Å². The summed E-state index contributed by atoms with van der Waals surface area (Å²) in [5.74, 6) is 0.312. The van der Waals surface area contributed by atoms with Crippen molar-refractivity contribution >= 4 is 23.2 Å². The van der Waals surface area contributed by atoms with Crippen LogP contribution in [0.3, 0.4) is 0 Å². The summed E-state index contributed by atoms with van der Waals surface area (Å²) in [6.45, 7) is 1.97. The van der Waals surface area contributed by atoms with Crippen LogP contribution in [0.1, 0.15) is 39.0 Å². The van der Waals surface area contributed by atoms with Crippen LogP contribution in [-0.2, 0) is 9.59 Å². The SMILES string of the molecule is CCCC(=O)Nc1ccc(NC(=O)C2CCC2)cc1. The summed E-state index contributed by atoms with van der Waals surface area (Å²) in [5.41, 5.74) is 1.55. The fraction of sp³-hybridized carbons (Fsp3) is 0.467. The van der Waals surface area contributed by atoms with E-state index < -0.39 is 0 Å². The van der Waals surface area contributed by atoms with E-state index in [2.05, 4.69) is 10.6 Å². The van der Waals surface area contributed by atoms with Crippen molar-refractivity contribution in [3.05, 3.63) is 24.3 Å². The highest BCUT2D eigenvalue weighted by Crippen LogP contribution is 2.27. The molecular formula is C15H20N2O2. The van der Waals surface area contributed by atoms with Gasteiger partial charge in [-0.1, -0.05) is 13.3 Å². The molecule has 0 radical (unpaired) electrons. The van der Waals surface area contributed by atoms with Gasteiger partial charge in [0.05, 0.1) is 0 Å². The molecule has 1 aliphatic carbocycles. The third kappa shape index (κ3) is 3.81. The molecule has 1 aliphatic rings. The zero-order chi connectivity index (χ0) is 13.7. The molecule has 1 aromatic carbocycles. The van der Waals surface area contributed by atoms with Gasteiger partial charge in [0.25, 0.3) is 0 Å². The molecule has 102 valence electrons. The summed E-state index contributed by atoms with van der Waals surface area (Å²) in [5, 5.41) is 5.71. The van der Waals surface area contributed by atoms with E-state index in [1.807, 2.05) is 31.2 Å². The van der Waals surface area contributed by atoms with Gasteiger partial charge < -0.3 is 10.6 Å². The summed E-state index contributed by atoms with van der Waals surface area (Å²) < 4.78 is 0. The van der Waals surface area contributed by atoms with E-state index in [-0.39, 0.29) is 17.7 Å². The second-order valence-electron chi connectivity index (χ2n) is 4.99. The van der Waals surface area contributed by atoms with Crippen molar-refractivity contribution in [2.75, 3.05) is 10.6 Å². The first-order chi connectivity index (χ1) is 9.19. The fourth-order valence-electron chi connectivity index (χ4n) is 2.00. The molecule has 0 saturated heterocycles. The first-order valence-corrected chi connectivity index (χ1v) is 6.90. The minimum Gasteiger partial charge on any atom is -0.326 e. The Kier molecular flexibility index (Phi) is 4.55. The molecule has 1 aromatic rings. The maximum atomic E-state index is 11.8. The molecule has 0 aromatic heterocycles. The van der Waals surface area contributed by atoms with Crippen LogP contribution in [0, 0.1) is 5.92 Å². The smallest absolute Gasteiger partial charge is 0.227 e. The maximum absolute atomic E-state index is 11.8. The number of benzene rings is 1. The van der Waals surface area contributed by atoms with Crippen molar-refractivity contribution in [1.82, 2.24) is 0 Å². The Bertz CT molecular complexity index is 450. The van der Waals surface area contributed by atoms with Crippen LogP contribution in [0.4, 0.5) is 11.4 Å². The summed E-state index contributed by atoms with van der Waals surface area (Å²) in [6.07, 6.45) is 4.51. The van der Waals surface area contributed by atoms with Gasteiger partial charge in [-0.25, -0.2) is 0 Å². The first kappa shape index (κ1) is 13.6. The highest BCUT2D eigenvalue weighted by Gasteiger charge is 2.24. The van der Waals surface area contributed by atoms with Crippen molar-refractivity contribution in [1.29, 1.82) is 0 Å². The molecule has 0 unspecified atom stereocenters. The Balaban J connectivity index is 1.87. The van der Waals surface area contributed by atoms with Crippen molar-refractivity contribution in [3.8, 4) is 0 Å². The third-order valence-electron chi connectivity index (χ3n) is 3.39. The van der Waals surface area contributed by atoms with Gasteiger partial charge in [0, 0.05) is 23.7 Å². The average molecular weight is 260 g/mol. The summed E-state index contributed by atoms with van der Waals surface area (Å²) in [4.78, 5) is 23.2. The number of rotatable bonds is 5. The van der Waals surface area contributed by atoms with Gasteiger partial charge in [-0.2, -0.15) is 0 Å². The number of nitrogens with one attached hydrogen (secondary N) is 2. The Morgan fingerprint density at radius 2 is 1.68 bits per heavy atom. The topological polar surface area (TPSA) is 58.2 Å². The minimum atomic E-state index is 0.0220. The van der Waals surface area contributed by atoms with Crippen molar-refractivity contribution in [3.63, 3.8) is 0 Å². The number of anilines is 2. The molecular weight excluding hydrogens is 240 g/mol. The van der Waals surface area contributed by atoms with Crippen LogP contribution in [-0.4, -0.2) is 11.8 Å². The highest BCUT2D eigenvalue weighted by molar-refractivity contribution is 5.94. The molecule has 1 fully saturated rings. The molecule has 0 bridgehead atoms. The second kappa shape index (κ2) is 6.36.